The van der Waals surface area contributed by atoms with Crippen molar-refractivity contribution in [2.45, 2.75) is 72.2 Å². The Kier molecular flexibility index (Phi) is 12.9. The maximum Gasteiger partial charge on any atom is 0.407 e. The first-order chi connectivity index (χ1) is 11.3. The molecule has 0 bridgehead atoms. The van der Waals surface area contributed by atoms with E-state index in [9.17, 15) is 9.59 Å². The Labute approximate surface area is 151 Å². The monoisotopic (exact) mass is 361 g/mol. The molecule has 1 N–H and O–H groups in total. The third-order valence-electron chi connectivity index (χ3n) is 3.33. The van der Waals surface area contributed by atoms with E-state index in [0.29, 0.717) is 23.5 Å². The third-order valence-corrected chi connectivity index (χ3v) is 4.56. The highest BCUT2D eigenvalue weighted by Crippen LogP contribution is 2.15. The van der Waals surface area contributed by atoms with E-state index in [4.69, 9.17) is 9.47 Å². The van der Waals surface area contributed by atoms with Gasteiger partial charge in [-0.05, 0) is 24.0 Å². The van der Waals surface area contributed by atoms with E-state index in [0.717, 1.165) is 19.3 Å². The zero-order valence-electron chi connectivity index (χ0n) is 16.1. The molecule has 0 aromatic carbocycles. The first-order valence-electron chi connectivity index (χ1n) is 8.98. The molecular weight excluding hydrogens is 326 g/mol. The molecular formula is C18H35NO4S. The van der Waals surface area contributed by atoms with Crippen LogP contribution >= 0.6 is 11.8 Å². The molecule has 0 aliphatic carbocycles. The lowest BCUT2D eigenvalue weighted by molar-refractivity contribution is -0.151. The Bertz CT molecular complexity index is 361. The van der Waals surface area contributed by atoms with E-state index >= 15 is 0 Å². The van der Waals surface area contributed by atoms with Crippen molar-refractivity contribution in [3.63, 3.8) is 0 Å². The van der Waals surface area contributed by atoms with E-state index in [1.165, 1.54) is 0 Å². The van der Waals surface area contributed by atoms with Gasteiger partial charge in [0.05, 0.1) is 5.92 Å². The lowest BCUT2D eigenvalue weighted by Gasteiger charge is -2.20. The van der Waals surface area contributed by atoms with Crippen molar-refractivity contribution < 1.29 is 19.1 Å². The summed E-state index contributed by atoms with van der Waals surface area (Å²) in [5, 5.41) is 3.15. The summed E-state index contributed by atoms with van der Waals surface area (Å²) in [6.45, 7) is 13.0. The van der Waals surface area contributed by atoms with Gasteiger partial charge in [0, 0.05) is 12.3 Å². The van der Waals surface area contributed by atoms with Gasteiger partial charge in [0.25, 0.3) is 0 Å². The van der Waals surface area contributed by atoms with Gasteiger partial charge in [-0.1, -0.05) is 48.0 Å². The normalized spacial score (nSPS) is 13.7. The van der Waals surface area contributed by atoms with Gasteiger partial charge in [0.2, 0.25) is 0 Å². The minimum atomic E-state index is -0.441. The smallest absolute Gasteiger partial charge is 0.407 e. The van der Waals surface area contributed by atoms with E-state index in [2.05, 4.69) is 39.9 Å². The molecule has 2 unspecified atom stereocenters. The average Bonchev–Trinajstić information content (AvgIpc) is 2.49. The van der Waals surface area contributed by atoms with Crippen molar-refractivity contribution in [3.8, 4) is 0 Å². The first-order valence-corrected chi connectivity index (χ1v) is 10.0. The molecule has 0 fully saturated rings. The van der Waals surface area contributed by atoms with Crippen LogP contribution in [0.1, 0.15) is 60.8 Å². The summed E-state index contributed by atoms with van der Waals surface area (Å²) in [6, 6.07) is 0. The molecule has 0 aromatic rings. The molecule has 2 atom stereocenters. The van der Waals surface area contributed by atoms with Crippen molar-refractivity contribution in [3.05, 3.63) is 0 Å². The molecule has 5 nitrogen and oxygen atoms in total. The van der Waals surface area contributed by atoms with Crippen LogP contribution in [0.3, 0.4) is 0 Å². The van der Waals surface area contributed by atoms with E-state index in [1.54, 1.807) is 11.8 Å². The summed E-state index contributed by atoms with van der Waals surface area (Å²) in [7, 11) is 0. The second-order valence-electron chi connectivity index (χ2n) is 6.85. The number of rotatable bonds is 12. The minimum absolute atomic E-state index is 0.113. The molecule has 0 saturated heterocycles. The van der Waals surface area contributed by atoms with Gasteiger partial charge < -0.3 is 14.8 Å². The Morgan fingerprint density at radius 2 is 1.79 bits per heavy atom. The third kappa shape index (κ3) is 12.5. The number of unbranched alkanes of at least 4 members (excludes halogenated alkanes) is 1. The van der Waals surface area contributed by atoms with Crippen LogP contribution in [0, 0.1) is 11.8 Å². The second-order valence-corrected chi connectivity index (χ2v) is 8.46. The van der Waals surface area contributed by atoms with Crippen LogP contribution in [-0.2, 0) is 14.3 Å². The van der Waals surface area contributed by atoms with Crippen LogP contribution in [-0.4, -0.2) is 42.3 Å². The van der Waals surface area contributed by atoms with Crippen molar-refractivity contribution >= 4 is 23.8 Å². The molecule has 6 heteroatoms. The van der Waals surface area contributed by atoms with Gasteiger partial charge in [-0.3, -0.25) is 4.79 Å². The lowest BCUT2D eigenvalue weighted by atomic mass is 9.99. The van der Waals surface area contributed by atoms with Gasteiger partial charge in [-0.2, -0.15) is 11.8 Å². The summed E-state index contributed by atoms with van der Waals surface area (Å²) >= 11 is 1.68. The van der Waals surface area contributed by atoms with Crippen LogP contribution in [0.2, 0.25) is 0 Å². The molecule has 0 saturated carbocycles. The number of thioether (sulfide) groups is 1. The fourth-order valence-corrected chi connectivity index (χ4v) is 2.86. The molecule has 142 valence electrons. The van der Waals surface area contributed by atoms with Gasteiger partial charge in [-0.15, -0.1) is 0 Å². The minimum Gasteiger partial charge on any atom is -0.461 e. The molecule has 0 rings (SSSR count). The Morgan fingerprint density at radius 3 is 2.33 bits per heavy atom. The number of carbonyl (C=O) groups is 2. The molecule has 0 aliphatic rings. The molecule has 24 heavy (non-hydrogen) atoms. The number of ether oxygens (including phenoxy) is 2. The summed E-state index contributed by atoms with van der Waals surface area (Å²) in [4.78, 5) is 23.8. The number of hydrogen-bond acceptors (Lipinski definition) is 5. The molecule has 1 amide bonds. The summed E-state index contributed by atoms with van der Waals surface area (Å²) in [6.07, 6.45) is 1.86. The Hall–Kier alpha value is -0.910. The van der Waals surface area contributed by atoms with Gasteiger partial charge in [-0.25, -0.2) is 4.79 Å². The molecule has 0 aliphatic heterocycles. The number of esters is 1. The van der Waals surface area contributed by atoms with Crippen molar-refractivity contribution in [2.75, 3.05) is 18.9 Å². The highest BCUT2D eigenvalue weighted by atomic mass is 32.2. The van der Waals surface area contributed by atoms with Crippen LogP contribution in [0.15, 0.2) is 0 Å². The topological polar surface area (TPSA) is 64.6 Å². The number of carbonyl (C=O) groups excluding carboxylic acids is 2. The van der Waals surface area contributed by atoms with Crippen molar-refractivity contribution in [1.82, 2.24) is 5.32 Å². The van der Waals surface area contributed by atoms with Crippen LogP contribution in [0.4, 0.5) is 4.79 Å². The first kappa shape index (κ1) is 23.1. The Balaban J connectivity index is 4.38. The number of alkyl carbamates (subject to hydrolysis) is 1. The number of nitrogens with one attached hydrogen (secondary N) is 1. The Morgan fingerprint density at radius 1 is 1.12 bits per heavy atom. The van der Waals surface area contributed by atoms with Gasteiger partial charge in [0.15, 0.2) is 0 Å². The SMILES string of the molecule is CCCCNC(=O)OC(COC(=O)C(C)CC(C)C)CSC(C)C. The van der Waals surface area contributed by atoms with Crippen LogP contribution in [0.25, 0.3) is 0 Å². The zero-order chi connectivity index (χ0) is 18.5. The highest BCUT2D eigenvalue weighted by molar-refractivity contribution is 7.99. The van der Waals surface area contributed by atoms with Crippen LogP contribution < -0.4 is 5.32 Å². The zero-order valence-corrected chi connectivity index (χ0v) is 16.9. The fourth-order valence-electron chi connectivity index (χ4n) is 2.10. The maximum atomic E-state index is 12.0. The van der Waals surface area contributed by atoms with Gasteiger partial charge in [0.1, 0.15) is 12.7 Å². The number of amides is 1. The fraction of sp³-hybridized carbons (Fsp3) is 0.889. The quantitative estimate of drug-likeness (QED) is 0.416. The average molecular weight is 362 g/mol. The summed E-state index contributed by atoms with van der Waals surface area (Å²) in [5.41, 5.74) is 0. The van der Waals surface area contributed by atoms with Crippen molar-refractivity contribution in [2.24, 2.45) is 11.8 Å². The van der Waals surface area contributed by atoms with E-state index < -0.39 is 12.2 Å². The molecule has 0 aromatic heterocycles. The predicted molar refractivity (Wildman–Crippen MR) is 100 cm³/mol. The lowest BCUT2D eigenvalue weighted by Crippen LogP contribution is -2.34. The second kappa shape index (κ2) is 13.4. The predicted octanol–water partition coefficient (Wildman–Crippen LogP) is 4.25. The van der Waals surface area contributed by atoms with Gasteiger partial charge >= 0.3 is 12.1 Å². The van der Waals surface area contributed by atoms with E-state index in [1.807, 2.05) is 6.92 Å². The number of hydrogen-bond donors (Lipinski definition) is 1. The molecule has 0 heterocycles. The standard InChI is InChI=1S/C18H35NO4S/c1-7-8-9-19-18(21)23-16(12-24-14(4)5)11-22-17(20)15(6)10-13(2)3/h13-16H,7-12H2,1-6H3,(H,19,21). The van der Waals surface area contributed by atoms with E-state index in [-0.39, 0.29) is 18.5 Å². The summed E-state index contributed by atoms with van der Waals surface area (Å²) < 4.78 is 10.8. The molecule has 0 spiro atoms. The van der Waals surface area contributed by atoms with Crippen LogP contribution in [0.5, 0.6) is 0 Å². The molecule has 0 radical (unpaired) electrons. The maximum absolute atomic E-state index is 12.0. The van der Waals surface area contributed by atoms with Crippen molar-refractivity contribution in [1.29, 1.82) is 0 Å². The largest absolute Gasteiger partial charge is 0.461 e. The summed E-state index contributed by atoms with van der Waals surface area (Å²) in [5.74, 6) is 0.700. The highest BCUT2D eigenvalue weighted by Gasteiger charge is 2.21.